The molecule has 12 heteroatoms. The number of carbonyl (C=O) groups excluding carboxylic acids is 1. The Morgan fingerprint density at radius 2 is 1.55 bits per heavy atom. The summed E-state index contributed by atoms with van der Waals surface area (Å²) in [6.07, 6.45) is -15.5. The van der Waals surface area contributed by atoms with Crippen molar-refractivity contribution in [3.05, 3.63) is 0 Å². The Morgan fingerprint density at radius 1 is 1.14 bits per heavy atom. The molecular formula is C10H16F6NO4P. The Kier molecular flexibility index (Phi) is 6.36. The number of alkyl carbamates (subject to hydrolysis) is 1. The van der Waals surface area contributed by atoms with E-state index in [2.05, 4.69) is 9.26 Å². The molecule has 0 spiro atoms. The maximum atomic E-state index is 13.2. The molecular weight excluding hydrogens is 343 g/mol. The van der Waals surface area contributed by atoms with Crippen LogP contribution in [0.4, 0.5) is 31.1 Å². The lowest BCUT2D eigenvalue weighted by atomic mass is 10.2. The normalized spacial score (nSPS) is 16.3. The first-order valence-electron chi connectivity index (χ1n) is 5.96. The molecule has 0 aliphatic rings. The zero-order chi connectivity index (χ0) is 18.0. The molecule has 0 heterocycles. The quantitative estimate of drug-likeness (QED) is 0.598. The van der Waals surface area contributed by atoms with E-state index in [1.165, 1.54) is 6.92 Å². The van der Waals surface area contributed by atoms with Gasteiger partial charge in [0.25, 0.3) is 0 Å². The van der Waals surface area contributed by atoms with Crippen LogP contribution >= 0.6 is 7.37 Å². The number of hydrogen-bond donors (Lipinski definition) is 1. The number of hydrogen-bond acceptors (Lipinski definition) is 4. The first kappa shape index (κ1) is 21.0. The number of amides is 1. The summed E-state index contributed by atoms with van der Waals surface area (Å²) in [6, 6.07) is 0. The molecule has 0 aliphatic heterocycles. The second-order valence-corrected chi connectivity index (χ2v) is 7.12. The van der Waals surface area contributed by atoms with E-state index in [9.17, 15) is 35.7 Å². The zero-order valence-corrected chi connectivity index (χ0v) is 13.0. The first-order valence-corrected chi connectivity index (χ1v) is 8.04. The van der Waals surface area contributed by atoms with Gasteiger partial charge in [0.05, 0.1) is 12.7 Å². The van der Waals surface area contributed by atoms with Gasteiger partial charge in [-0.1, -0.05) is 0 Å². The summed E-state index contributed by atoms with van der Waals surface area (Å²) >= 11 is 0. The predicted octanol–water partition coefficient (Wildman–Crippen LogP) is 3.89. The molecule has 0 bridgehead atoms. The monoisotopic (exact) mass is 359 g/mol. The molecule has 1 amide bonds. The van der Waals surface area contributed by atoms with E-state index < -0.39 is 43.8 Å². The summed E-state index contributed by atoms with van der Waals surface area (Å²) in [5.41, 5.74) is 0. The molecule has 132 valence electrons. The second kappa shape index (κ2) is 6.66. The van der Waals surface area contributed by atoms with Crippen LogP contribution in [0, 0.1) is 0 Å². The molecule has 1 unspecified atom stereocenters. The minimum absolute atomic E-state index is 0.167. The van der Waals surface area contributed by atoms with Gasteiger partial charge in [-0.2, -0.15) is 26.3 Å². The number of ether oxygens (including phenoxy) is 1. The van der Waals surface area contributed by atoms with Crippen molar-refractivity contribution in [3.63, 3.8) is 0 Å². The molecule has 0 fully saturated rings. The van der Waals surface area contributed by atoms with E-state index in [0.29, 0.717) is 5.32 Å². The van der Waals surface area contributed by atoms with Gasteiger partial charge in [-0.15, -0.1) is 0 Å². The standard InChI is InChI=1S/C10H16F6NO4P/c1-5-20-7(18)17-8(9(11,12)13,10(14,15)16)22(4,19)21-6(2)3/h6H,5H2,1-4H3,(H,17,18). The van der Waals surface area contributed by atoms with Crippen LogP contribution in [0.3, 0.4) is 0 Å². The van der Waals surface area contributed by atoms with Crippen molar-refractivity contribution in [1.82, 2.24) is 5.32 Å². The van der Waals surface area contributed by atoms with Crippen LogP contribution in [0.2, 0.25) is 0 Å². The fraction of sp³-hybridized carbons (Fsp3) is 0.900. The smallest absolute Gasteiger partial charge is 0.430 e. The average molecular weight is 359 g/mol. The van der Waals surface area contributed by atoms with Gasteiger partial charge in [0.1, 0.15) is 0 Å². The van der Waals surface area contributed by atoms with Gasteiger partial charge in [0.2, 0.25) is 7.37 Å². The van der Waals surface area contributed by atoms with Crippen LogP contribution in [0.15, 0.2) is 0 Å². The Labute approximate surface area is 122 Å². The number of carbonyl (C=O) groups is 1. The molecule has 0 aliphatic carbocycles. The Bertz CT molecular complexity index is 434. The van der Waals surface area contributed by atoms with Crippen LogP contribution in [0.25, 0.3) is 0 Å². The molecule has 22 heavy (non-hydrogen) atoms. The van der Waals surface area contributed by atoms with E-state index in [-0.39, 0.29) is 6.66 Å². The van der Waals surface area contributed by atoms with Gasteiger partial charge in [0, 0.05) is 6.66 Å². The molecule has 0 saturated heterocycles. The van der Waals surface area contributed by atoms with E-state index in [1.54, 1.807) is 0 Å². The van der Waals surface area contributed by atoms with Crippen LogP contribution in [-0.4, -0.2) is 43.1 Å². The van der Waals surface area contributed by atoms with Crippen molar-refractivity contribution in [1.29, 1.82) is 0 Å². The zero-order valence-electron chi connectivity index (χ0n) is 12.1. The largest absolute Gasteiger partial charge is 0.450 e. The van der Waals surface area contributed by atoms with Crippen LogP contribution in [0.5, 0.6) is 0 Å². The highest BCUT2D eigenvalue weighted by atomic mass is 31.2. The Balaban J connectivity index is 6.25. The highest BCUT2D eigenvalue weighted by Gasteiger charge is 2.80. The highest BCUT2D eigenvalue weighted by molar-refractivity contribution is 7.60. The molecule has 0 aromatic heterocycles. The van der Waals surface area contributed by atoms with Crippen LogP contribution < -0.4 is 5.32 Å². The van der Waals surface area contributed by atoms with Crippen LogP contribution in [0.1, 0.15) is 20.8 Å². The van der Waals surface area contributed by atoms with Gasteiger partial charge >= 0.3 is 23.7 Å². The Hall–Kier alpha value is -0.960. The number of alkyl halides is 6. The topological polar surface area (TPSA) is 64.6 Å². The molecule has 0 radical (unpaired) electrons. The third-order valence-electron chi connectivity index (χ3n) is 2.40. The minimum Gasteiger partial charge on any atom is -0.450 e. The molecule has 1 N–H and O–H groups in total. The van der Waals surface area contributed by atoms with E-state index in [1.807, 2.05) is 0 Å². The molecule has 0 aromatic carbocycles. The number of rotatable bonds is 5. The van der Waals surface area contributed by atoms with Crippen molar-refractivity contribution in [2.75, 3.05) is 13.3 Å². The van der Waals surface area contributed by atoms with Crippen molar-refractivity contribution in [3.8, 4) is 0 Å². The van der Waals surface area contributed by atoms with Gasteiger partial charge in [-0.05, 0) is 20.8 Å². The molecule has 5 nitrogen and oxygen atoms in total. The summed E-state index contributed by atoms with van der Waals surface area (Å²) in [4.78, 5) is 11.2. The maximum absolute atomic E-state index is 13.2. The van der Waals surface area contributed by atoms with Crippen molar-refractivity contribution in [2.45, 2.75) is 44.5 Å². The van der Waals surface area contributed by atoms with Gasteiger partial charge in [-0.3, -0.25) is 9.88 Å². The highest BCUT2D eigenvalue weighted by Crippen LogP contribution is 2.67. The van der Waals surface area contributed by atoms with Gasteiger partial charge in [-0.25, -0.2) is 4.79 Å². The molecule has 0 rings (SSSR count). The molecule has 0 aromatic rings. The van der Waals surface area contributed by atoms with Crippen molar-refractivity contribution < 1.29 is 45.0 Å². The maximum Gasteiger partial charge on any atom is 0.430 e. The summed E-state index contributed by atoms with van der Waals surface area (Å²) in [5.74, 6) is 0. The van der Waals surface area contributed by atoms with E-state index in [4.69, 9.17) is 0 Å². The number of halogens is 6. The average Bonchev–Trinajstić information content (AvgIpc) is 2.20. The summed E-state index contributed by atoms with van der Waals surface area (Å²) in [7, 11) is -5.47. The third-order valence-corrected chi connectivity index (χ3v) is 5.06. The van der Waals surface area contributed by atoms with Gasteiger partial charge in [0.15, 0.2) is 0 Å². The third kappa shape index (κ3) is 4.07. The summed E-state index contributed by atoms with van der Waals surface area (Å²) in [6.45, 7) is 3.09. The predicted molar refractivity (Wildman–Crippen MR) is 64.8 cm³/mol. The first-order chi connectivity index (χ1) is 9.62. The Morgan fingerprint density at radius 3 is 1.82 bits per heavy atom. The lowest BCUT2D eigenvalue weighted by Crippen LogP contribution is -2.67. The SMILES string of the molecule is CCOC(=O)NC(C(F)(F)F)(C(F)(F)F)P(C)(=O)OC(C)C. The fourth-order valence-electron chi connectivity index (χ4n) is 1.66. The number of nitrogens with one attached hydrogen (secondary N) is 1. The van der Waals surface area contributed by atoms with E-state index in [0.717, 1.165) is 13.8 Å². The van der Waals surface area contributed by atoms with Crippen LogP contribution in [-0.2, 0) is 13.8 Å². The lowest BCUT2D eigenvalue weighted by Gasteiger charge is -2.41. The summed E-state index contributed by atoms with van der Waals surface area (Å²) < 4.78 is 99.6. The second-order valence-electron chi connectivity index (χ2n) is 4.55. The molecule has 1 atom stereocenters. The lowest BCUT2D eigenvalue weighted by molar-refractivity contribution is -0.277. The van der Waals surface area contributed by atoms with E-state index >= 15 is 0 Å². The molecule has 0 saturated carbocycles. The van der Waals surface area contributed by atoms with Gasteiger partial charge < -0.3 is 9.26 Å². The van der Waals surface area contributed by atoms with Crippen molar-refractivity contribution in [2.24, 2.45) is 0 Å². The fourth-order valence-corrected chi connectivity index (χ4v) is 3.84. The minimum atomic E-state index is -6.13. The van der Waals surface area contributed by atoms with Crippen molar-refractivity contribution >= 4 is 13.5 Å². The summed E-state index contributed by atoms with van der Waals surface area (Å²) in [5, 5.41) is -4.41.